The third kappa shape index (κ3) is 4.19. The van der Waals surface area contributed by atoms with Crippen molar-refractivity contribution < 1.29 is 19.3 Å². The van der Waals surface area contributed by atoms with Gasteiger partial charge in [0.2, 0.25) is 0 Å². The van der Waals surface area contributed by atoms with Crippen molar-refractivity contribution in [3.8, 4) is 5.75 Å². The number of benzene rings is 2. The summed E-state index contributed by atoms with van der Waals surface area (Å²) in [6, 6.07) is 14.1. The zero-order valence-corrected chi connectivity index (χ0v) is 12.6. The second kappa shape index (κ2) is 7.58. The Morgan fingerprint density at radius 3 is 2.64 bits per heavy atom. The lowest BCUT2D eigenvalue weighted by atomic mass is 10.1. The zero-order valence-electron chi connectivity index (χ0n) is 12.6. The second-order valence-corrected chi connectivity index (χ2v) is 5.62. The van der Waals surface area contributed by atoms with Crippen LogP contribution in [0.2, 0.25) is 0 Å². The highest BCUT2D eigenvalue weighted by atomic mass is 16.5. The van der Waals surface area contributed by atoms with Gasteiger partial charge in [0.05, 0.1) is 12.7 Å². The summed E-state index contributed by atoms with van der Waals surface area (Å²) < 4.78 is 16.6. The molecule has 1 saturated heterocycles. The van der Waals surface area contributed by atoms with Gasteiger partial charge in [0.1, 0.15) is 18.5 Å². The highest BCUT2D eigenvalue weighted by Gasteiger charge is 2.16. The molecule has 1 heterocycles. The maximum Gasteiger partial charge on any atom is 0.120 e. The van der Waals surface area contributed by atoms with Gasteiger partial charge in [-0.2, -0.15) is 0 Å². The molecule has 1 aliphatic heterocycles. The maximum absolute atomic E-state index is 9.97. The Hall–Kier alpha value is -1.62. The van der Waals surface area contributed by atoms with Crippen LogP contribution in [0.15, 0.2) is 42.5 Å². The van der Waals surface area contributed by atoms with E-state index in [1.54, 1.807) is 0 Å². The van der Waals surface area contributed by atoms with Crippen molar-refractivity contribution in [1.29, 1.82) is 0 Å². The van der Waals surface area contributed by atoms with Crippen molar-refractivity contribution in [3.63, 3.8) is 0 Å². The molecule has 0 saturated carbocycles. The highest BCUT2D eigenvalue weighted by molar-refractivity contribution is 5.83. The molecule has 0 spiro atoms. The van der Waals surface area contributed by atoms with Crippen LogP contribution in [0.25, 0.3) is 10.8 Å². The molecule has 0 aliphatic carbocycles. The summed E-state index contributed by atoms with van der Waals surface area (Å²) in [6.07, 6.45) is 1.38. The van der Waals surface area contributed by atoms with E-state index in [1.165, 1.54) is 5.39 Å². The van der Waals surface area contributed by atoms with Gasteiger partial charge >= 0.3 is 0 Å². The van der Waals surface area contributed by atoms with Gasteiger partial charge in [-0.1, -0.05) is 30.3 Å². The van der Waals surface area contributed by atoms with Crippen molar-refractivity contribution in [2.24, 2.45) is 0 Å². The molecule has 3 rings (SSSR count). The Morgan fingerprint density at radius 2 is 1.82 bits per heavy atom. The van der Waals surface area contributed by atoms with E-state index in [-0.39, 0.29) is 12.7 Å². The van der Waals surface area contributed by atoms with Gasteiger partial charge in [-0.3, -0.25) is 0 Å². The molecule has 0 bridgehead atoms. The first-order valence-electron chi connectivity index (χ1n) is 7.80. The molecule has 0 amide bonds. The van der Waals surface area contributed by atoms with Crippen LogP contribution in [0.1, 0.15) is 12.8 Å². The number of fused-ring (bicyclic) bond motifs is 1. The molecule has 1 atom stereocenters. The molecular weight excluding hydrogens is 280 g/mol. The standard InChI is InChI=1S/C18H22O4/c19-16(12-21-17-7-9-20-10-8-17)13-22-18-6-5-14-3-1-2-4-15(14)11-18/h1-6,11,16-17,19H,7-10,12-13H2. The Labute approximate surface area is 130 Å². The number of hydrogen-bond acceptors (Lipinski definition) is 4. The van der Waals surface area contributed by atoms with Crippen molar-refractivity contribution >= 4 is 10.8 Å². The van der Waals surface area contributed by atoms with Crippen molar-refractivity contribution in [3.05, 3.63) is 42.5 Å². The van der Waals surface area contributed by atoms with Gasteiger partial charge < -0.3 is 19.3 Å². The lowest BCUT2D eigenvalue weighted by molar-refractivity contribution is -0.0659. The van der Waals surface area contributed by atoms with Crippen LogP contribution >= 0.6 is 0 Å². The number of ether oxygens (including phenoxy) is 3. The molecule has 1 unspecified atom stereocenters. The second-order valence-electron chi connectivity index (χ2n) is 5.62. The van der Waals surface area contributed by atoms with Crippen LogP contribution in [0.4, 0.5) is 0 Å². The fourth-order valence-corrected chi connectivity index (χ4v) is 2.59. The zero-order chi connectivity index (χ0) is 15.2. The summed E-state index contributed by atoms with van der Waals surface area (Å²) >= 11 is 0. The number of hydrogen-bond donors (Lipinski definition) is 1. The lowest BCUT2D eigenvalue weighted by Crippen LogP contribution is -2.30. The third-order valence-corrected chi connectivity index (χ3v) is 3.86. The molecule has 2 aromatic carbocycles. The topological polar surface area (TPSA) is 47.9 Å². The predicted octanol–water partition coefficient (Wildman–Crippen LogP) is 2.78. The van der Waals surface area contributed by atoms with Gasteiger partial charge in [-0.25, -0.2) is 0 Å². The van der Waals surface area contributed by atoms with Crippen LogP contribution in [0, 0.1) is 0 Å². The van der Waals surface area contributed by atoms with E-state index in [4.69, 9.17) is 14.2 Å². The first-order chi connectivity index (χ1) is 10.8. The van der Waals surface area contributed by atoms with Crippen LogP contribution in [-0.4, -0.2) is 43.7 Å². The Bertz CT molecular complexity index is 592. The molecule has 0 radical (unpaired) electrons. The van der Waals surface area contributed by atoms with E-state index in [1.807, 2.05) is 36.4 Å². The molecule has 1 fully saturated rings. The van der Waals surface area contributed by atoms with Crippen LogP contribution in [0.3, 0.4) is 0 Å². The minimum absolute atomic E-state index is 0.198. The average Bonchev–Trinajstić information content (AvgIpc) is 2.59. The first kappa shape index (κ1) is 15.3. The van der Waals surface area contributed by atoms with E-state index in [0.29, 0.717) is 6.61 Å². The van der Waals surface area contributed by atoms with Gasteiger partial charge in [-0.05, 0) is 35.7 Å². The van der Waals surface area contributed by atoms with Crippen molar-refractivity contribution in [1.82, 2.24) is 0 Å². The summed E-state index contributed by atoms with van der Waals surface area (Å²) in [4.78, 5) is 0. The Balaban J connectivity index is 1.46. The number of aliphatic hydroxyl groups is 1. The summed E-state index contributed by atoms with van der Waals surface area (Å²) in [6.45, 7) is 2.03. The third-order valence-electron chi connectivity index (χ3n) is 3.86. The largest absolute Gasteiger partial charge is 0.491 e. The van der Waals surface area contributed by atoms with E-state index in [0.717, 1.165) is 37.2 Å². The molecule has 0 aromatic heterocycles. The smallest absolute Gasteiger partial charge is 0.120 e. The molecule has 4 nitrogen and oxygen atoms in total. The van der Waals surface area contributed by atoms with Crippen LogP contribution in [-0.2, 0) is 9.47 Å². The quantitative estimate of drug-likeness (QED) is 0.891. The molecular formula is C18H22O4. The van der Waals surface area contributed by atoms with Crippen molar-refractivity contribution in [2.75, 3.05) is 26.4 Å². The van der Waals surface area contributed by atoms with E-state index >= 15 is 0 Å². The molecule has 4 heteroatoms. The minimum Gasteiger partial charge on any atom is -0.491 e. The maximum atomic E-state index is 9.97. The van der Waals surface area contributed by atoms with Gasteiger partial charge in [0.15, 0.2) is 0 Å². The fourth-order valence-electron chi connectivity index (χ4n) is 2.59. The number of aliphatic hydroxyl groups excluding tert-OH is 1. The fraction of sp³-hybridized carbons (Fsp3) is 0.444. The minimum atomic E-state index is -0.616. The van der Waals surface area contributed by atoms with E-state index < -0.39 is 6.10 Å². The number of rotatable bonds is 6. The van der Waals surface area contributed by atoms with Gasteiger partial charge in [0, 0.05) is 13.2 Å². The normalized spacial score (nSPS) is 17.5. The van der Waals surface area contributed by atoms with Gasteiger partial charge in [-0.15, -0.1) is 0 Å². The van der Waals surface area contributed by atoms with E-state index in [2.05, 4.69) is 6.07 Å². The highest BCUT2D eigenvalue weighted by Crippen LogP contribution is 2.20. The van der Waals surface area contributed by atoms with Crippen molar-refractivity contribution in [2.45, 2.75) is 25.0 Å². The Kier molecular flexibility index (Phi) is 5.27. The summed E-state index contributed by atoms with van der Waals surface area (Å²) in [5, 5.41) is 12.3. The molecule has 1 N–H and O–H groups in total. The average molecular weight is 302 g/mol. The van der Waals surface area contributed by atoms with Crippen LogP contribution < -0.4 is 4.74 Å². The van der Waals surface area contributed by atoms with Gasteiger partial charge in [0.25, 0.3) is 0 Å². The predicted molar refractivity (Wildman–Crippen MR) is 85.2 cm³/mol. The molecule has 2 aromatic rings. The Morgan fingerprint density at radius 1 is 1.05 bits per heavy atom. The molecule has 22 heavy (non-hydrogen) atoms. The lowest BCUT2D eigenvalue weighted by Gasteiger charge is -2.23. The molecule has 1 aliphatic rings. The monoisotopic (exact) mass is 302 g/mol. The summed E-state index contributed by atoms with van der Waals surface area (Å²) in [7, 11) is 0. The first-order valence-corrected chi connectivity index (χ1v) is 7.80. The SMILES string of the molecule is OC(COc1ccc2ccccc2c1)COC1CCOCC1. The van der Waals surface area contributed by atoms with Crippen LogP contribution in [0.5, 0.6) is 5.75 Å². The van der Waals surface area contributed by atoms with E-state index in [9.17, 15) is 5.11 Å². The summed E-state index contributed by atoms with van der Waals surface area (Å²) in [5.74, 6) is 0.767. The molecule has 118 valence electrons. The summed E-state index contributed by atoms with van der Waals surface area (Å²) in [5.41, 5.74) is 0.